The van der Waals surface area contributed by atoms with Gasteiger partial charge < -0.3 is 9.84 Å². The maximum Gasteiger partial charge on any atom is 0.132 e. The summed E-state index contributed by atoms with van der Waals surface area (Å²) in [6.45, 7) is 7.72. The van der Waals surface area contributed by atoms with E-state index in [-0.39, 0.29) is 5.56 Å². The minimum Gasteiger partial charge on any atom is -0.385 e. The summed E-state index contributed by atoms with van der Waals surface area (Å²) in [7, 11) is 0. The highest BCUT2D eigenvalue weighted by Gasteiger charge is 2.35. The number of hydrogen-bond donors (Lipinski definition) is 1. The minimum absolute atomic E-state index is 0.328. The van der Waals surface area contributed by atoms with Crippen LogP contribution in [0.4, 0.5) is 8.78 Å². The molecular formula is C14H20F2O2. The van der Waals surface area contributed by atoms with Crippen LogP contribution in [0.15, 0.2) is 18.2 Å². The molecule has 0 bridgehead atoms. The van der Waals surface area contributed by atoms with Crippen LogP contribution in [0.2, 0.25) is 0 Å². The van der Waals surface area contributed by atoms with Gasteiger partial charge in [0.15, 0.2) is 0 Å². The fourth-order valence-electron chi connectivity index (χ4n) is 1.94. The van der Waals surface area contributed by atoms with Gasteiger partial charge >= 0.3 is 0 Å². The second-order valence-corrected chi connectivity index (χ2v) is 5.32. The molecule has 0 aliphatic rings. The lowest BCUT2D eigenvalue weighted by Crippen LogP contribution is -2.36. The quantitative estimate of drug-likeness (QED) is 0.896. The lowest BCUT2D eigenvalue weighted by Gasteiger charge is -2.34. The van der Waals surface area contributed by atoms with Gasteiger partial charge in [-0.15, -0.1) is 0 Å². The first-order valence-electron chi connectivity index (χ1n) is 6.02. The number of aliphatic hydroxyl groups excluding tert-OH is 1. The van der Waals surface area contributed by atoms with Gasteiger partial charge in [-0.2, -0.15) is 0 Å². The topological polar surface area (TPSA) is 29.5 Å². The van der Waals surface area contributed by atoms with Crippen LogP contribution < -0.4 is 0 Å². The van der Waals surface area contributed by atoms with Crippen LogP contribution in [0, 0.1) is 17.0 Å². The van der Waals surface area contributed by atoms with E-state index in [2.05, 4.69) is 0 Å². The third-order valence-electron chi connectivity index (χ3n) is 2.78. The monoisotopic (exact) mass is 258 g/mol. The van der Waals surface area contributed by atoms with Crippen LogP contribution in [0.5, 0.6) is 0 Å². The molecule has 1 aromatic rings. The molecule has 2 atom stereocenters. The summed E-state index contributed by atoms with van der Waals surface area (Å²) in [6, 6.07) is 3.54. The molecule has 0 saturated heterocycles. The van der Waals surface area contributed by atoms with E-state index in [4.69, 9.17) is 4.74 Å². The van der Waals surface area contributed by atoms with E-state index in [1.54, 1.807) is 6.92 Å². The van der Waals surface area contributed by atoms with Crippen LogP contribution in [-0.4, -0.2) is 17.8 Å². The number of halogens is 2. The molecule has 2 unspecified atom stereocenters. The van der Waals surface area contributed by atoms with E-state index >= 15 is 0 Å². The highest BCUT2D eigenvalue weighted by atomic mass is 19.1. The van der Waals surface area contributed by atoms with Crippen molar-refractivity contribution < 1.29 is 18.6 Å². The molecule has 0 aromatic heterocycles. The molecule has 0 aliphatic heterocycles. The second-order valence-electron chi connectivity index (χ2n) is 5.32. The summed E-state index contributed by atoms with van der Waals surface area (Å²) in [4.78, 5) is 0. The van der Waals surface area contributed by atoms with Gasteiger partial charge in [0, 0.05) is 6.61 Å². The van der Waals surface area contributed by atoms with Gasteiger partial charge in [-0.25, -0.2) is 8.78 Å². The van der Waals surface area contributed by atoms with Crippen molar-refractivity contribution >= 4 is 0 Å². The van der Waals surface area contributed by atoms with E-state index in [0.29, 0.717) is 6.61 Å². The molecule has 102 valence electrons. The number of ether oxygens (including phenoxy) is 1. The molecule has 0 saturated carbocycles. The Morgan fingerprint density at radius 2 is 1.72 bits per heavy atom. The van der Waals surface area contributed by atoms with Crippen molar-refractivity contribution in [3.05, 3.63) is 35.4 Å². The standard InChI is InChI=1S/C14H20F2O2/c1-5-18-13(14(2,3)4)12(17)11-9(15)7-6-8-10(11)16/h6-8,12-13,17H,5H2,1-4H3. The maximum atomic E-state index is 13.6. The molecular weight excluding hydrogens is 238 g/mol. The molecule has 0 radical (unpaired) electrons. The summed E-state index contributed by atoms with van der Waals surface area (Å²) in [5.74, 6) is -1.51. The Kier molecular flexibility index (Phi) is 4.82. The van der Waals surface area contributed by atoms with Gasteiger partial charge in [0.1, 0.15) is 17.7 Å². The number of aliphatic hydroxyl groups is 1. The molecule has 1 aromatic carbocycles. The Morgan fingerprint density at radius 1 is 1.22 bits per heavy atom. The van der Waals surface area contributed by atoms with E-state index in [1.165, 1.54) is 6.07 Å². The number of rotatable bonds is 4. The van der Waals surface area contributed by atoms with Crippen LogP contribution in [-0.2, 0) is 4.74 Å². The van der Waals surface area contributed by atoms with Gasteiger partial charge in [0.2, 0.25) is 0 Å². The van der Waals surface area contributed by atoms with Crippen molar-refractivity contribution in [1.82, 2.24) is 0 Å². The van der Waals surface area contributed by atoms with Crippen molar-refractivity contribution in [2.24, 2.45) is 5.41 Å². The molecule has 0 amide bonds. The van der Waals surface area contributed by atoms with E-state index in [9.17, 15) is 13.9 Å². The van der Waals surface area contributed by atoms with Crippen molar-refractivity contribution in [1.29, 1.82) is 0 Å². The third kappa shape index (κ3) is 3.27. The van der Waals surface area contributed by atoms with Gasteiger partial charge in [-0.3, -0.25) is 0 Å². The van der Waals surface area contributed by atoms with Crippen LogP contribution >= 0.6 is 0 Å². The Hall–Kier alpha value is -1.00. The second kappa shape index (κ2) is 5.76. The highest BCUT2D eigenvalue weighted by molar-refractivity contribution is 5.23. The van der Waals surface area contributed by atoms with Crippen LogP contribution in [0.1, 0.15) is 39.4 Å². The van der Waals surface area contributed by atoms with Gasteiger partial charge in [0.05, 0.1) is 11.7 Å². The Balaban J connectivity index is 3.14. The summed E-state index contributed by atoms with van der Waals surface area (Å²) < 4.78 is 32.7. The fourth-order valence-corrected chi connectivity index (χ4v) is 1.94. The molecule has 4 heteroatoms. The number of benzene rings is 1. The molecule has 0 aliphatic carbocycles. The summed E-state index contributed by atoms with van der Waals surface area (Å²) in [5, 5.41) is 10.2. The summed E-state index contributed by atoms with van der Waals surface area (Å²) in [5.41, 5.74) is -0.754. The Morgan fingerprint density at radius 3 is 2.11 bits per heavy atom. The highest BCUT2D eigenvalue weighted by Crippen LogP contribution is 2.34. The molecule has 1 N–H and O–H groups in total. The third-order valence-corrected chi connectivity index (χ3v) is 2.78. The van der Waals surface area contributed by atoms with Crippen molar-refractivity contribution in [3.8, 4) is 0 Å². The summed E-state index contributed by atoms with van der Waals surface area (Å²) in [6.07, 6.45) is -2.00. The SMILES string of the molecule is CCOC(C(O)c1c(F)cccc1F)C(C)(C)C. The summed E-state index contributed by atoms with van der Waals surface area (Å²) >= 11 is 0. The first-order valence-corrected chi connectivity index (χ1v) is 6.02. The lowest BCUT2D eigenvalue weighted by molar-refractivity contribution is -0.0919. The largest absolute Gasteiger partial charge is 0.385 e. The molecule has 1 rings (SSSR count). The van der Waals surface area contributed by atoms with Crippen LogP contribution in [0.25, 0.3) is 0 Å². The van der Waals surface area contributed by atoms with Crippen molar-refractivity contribution in [2.75, 3.05) is 6.61 Å². The lowest BCUT2D eigenvalue weighted by atomic mass is 9.83. The average Bonchev–Trinajstić information content (AvgIpc) is 2.23. The zero-order valence-corrected chi connectivity index (χ0v) is 11.2. The van der Waals surface area contributed by atoms with Gasteiger partial charge in [0.25, 0.3) is 0 Å². The minimum atomic E-state index is -1.33. The average molecular weight is 258 g/mol. The van der Waals surface area contributed by atoms with E-state index < -0.39 is 29.3 Å². The fraction of sp³-hybridized carbons (Fsp3) is 0.571. The van der Waals surface area contributed by atoms with Crippen molar-refractivity contribution in [3.63, 3.8) is 0 Å². The first-order chi connectivity index (χ1) is 8.29. The first kappa shape index (κ1) is 15.1. The van der Waals surface area contributed by atoms with E-state index in [1.807, 2.05) is 20.8 Å². The smallest absolute Gasteiger partial charge is 0.132 e. The predicted molar refractivity (Wildman–Crippen MR) is 66.2 cm³/mol. The molecule has 2 nitrogen and oxygen atoms in total. The molecule has 0 fully saturated rings. The molecule has 0 spiro atoms. The predicted octanol–water partition coefficient (Wildman–Crippen LogP) is 3.45. The van der Waals surface area contributed by atoms with Crippen LogP contribution in [0.3, 0.4) is 0 Å². The Labute approximate surface area is 107 Å². The number of hydrogen-bond acceptors (Lipinski definition) is 2. The Bertz CT molecular complexity index is 379. The van der Waals surface area contributed by atoms with Gasteiger partial charge in [-0.05, 0) is 24.5 Å². The van der Waals surface area contributed by atoms with Gasteiger partial charge in [-0.1, -0.05) is 26.8 Å². The maximum absolute atomic E-state index is 13.6. The zero-order valence-electron chi connectivity index (χ0n) is 11.2. The zero-order chi connectivity index (χ0) is 13.9. The normalized spacial score (nSPS) is 15.5. The molecule has 0 heterocycles. The molecule has 18 heavy (non-hydrogen) atoms. The van der Waals surface area contributed by atoms with Crippen molar-refractivity contribution in [2.45, 2.75) is 39.9 Å². The van der Waals surface area contributed by atoms with E-state index in [0.717, 1.165) is 12.1 Å².